The summed E-state index contributed by atoms with van der Waals surface area (Å²) in [6, 6.07) is 0. The van der Waals surface area contributed by atoms with Crippen molar-refractivity contribution < 1.29 is 0 Å². The zero-order valence-corrected chi connectivity index (χ0v) is 16.1. The molecule has 122 valence electrons. The Bertz CT molecular complexity index is 21.5. The standard InChI is InChI=1S/C3H4.7C2H6.CH4/c1-3-2;7*1-2;/h1H,2H3;7*1-2H3;1H4. The summed E-state index contributed by atoms with van der Waals surface area (Å²) in [7, 11) is 0. The zero-order valence-electron chi connectivity index (χ0n) is 16.1. The van der Waals surface area contributed by atoms with E-state index in [9.17, 15) is 0 Å². The minimum Gasteiger partial charge on any atom is -0.120 e. The Hall–Kier alpha value is -0.440. The molecule has 0 heterocycles. The lowest BCUT2D eigenvalue weighted by molar-refractivity contribution is 1.50. The maximum Gasteiger partial charge on any atom is -0.00297 e. The van der Waals surface area contributed by atoms with E-state index in [0.29, 0.717) is 0 Å². The Morgan fingerprint density at radius 1 is 0.444 bits per heavy atom. The second-order valence-electron chi connectivity index (χ2n) is 0.289. The fraction of sp³-hybridized carbons (Fsp3) is 0.889. The molecule has 18 heavy (non-hydrogen) atoms. The van der Waals surface area contributed by atoms with E-state index in [-0.39, 0.29) is 7.43 Å². The third kappa shape index (κ3) is 17000. The average molecular weight is 267 g/mol. The van der Waals surface area contributed by atoms with Gasteiger partial charge in [0.25, 0.3) is 0 Å². The van der Waals surface area contributed by atoms with Crippen LogP contribution in [0.25, 0.3) is 0 Å². The fourth-order valence-electron chi connectivity index (χ4n) is 0. The number of terminal acetylenes is 1. The highest BCUT2D eigenvalue weighted by Gasteiger charge is 1.09. The van der Waals surface area contributed by atoms with Crippen molar-refractivity contribution in [1.82, 2.24) is 0 Å². The van der Waals surface area contributed by atoms with Crippen LogP contribution in [0.15, 0.2) is 0 Å². The van der Waals surface area contributed by atoms with Crippen LogP contribution >= 0.6 is 0 Å². The molecule has 0 heteroatoms. The van der Waals surface area contributed by atoms with Crippen LogP contribution in [0.2, 0.25) is 0 Å². The van der Waals surface area contributed by atoms with Crippen LogP contribution < -0.4 is 0 Å². The lowest BCUT2D eigenvalue weighted by atomic mass is 10.9. The monoisotopic (exact) mass is 266 g/mol. The van der Waals surface area contributed by atoms with E-state index in [1.807, 2.05) is 96.9 Å². The highest BCUT2D eigenvalue weighted by molar-refractivity contribution is 4.73. The summed E-state index contributed by atoms with van der Waals surface area (Å²) < 4.78 is 0. The van der Waals surface area contributed by atoms with Crippen molar-refractivity contribution in [3.05, 3.63) is 0 Å². The van der Waals surface area contributed by atoms with Crippen LogP contribution in [0.3, 0.4) is 0 Å². The van der Waals surface area contributed by atoms with E-state index in [1.54, 1.807) is 6.92 Å². The molecule has 0 fully saturated rings. The second-order valence-corrected chi connectivity index (χ2v) is 0.289. The Kier molecular flexibility index (Phi) is 46700. The van der Waals surface area contributed by atoms with E-state index < -0.39 is 0 Å². The third-order valence-electron chi connectivity index (χ3n) is 0. The predicted molar refractivity (Wildman–Crippen MR) is 101 cm³/mol. The quantitative estimate of drug-likeness (QED) is 0.386. The molecule has 0 aliphatic rings. The molecule has 0 aromatic heterocycles. The zero-order chi connectivity index (χ0) is 16.7. The molecular formula is C18H50. The van der Waals surface area contributed by atoms with Gasteiger partial charge < -0.3 is 0 Å². The van der Waals surface area contributed by atoms with Gasteiger partial charge in [-0.05, 0) is 6.92 Å². The fourth-order valence-corrected chi connectivity index (χ4v) is 0. The Balaban J connectivity index is -0.00000000734. The molecule has 0 aromatic carbocycles. The summed E-state index contributed by atoms with van der Waals surface area (Å²) in [5.74, 6) is 2.25. The molecule has 0 unspecified atom stereocenters. The van der Waals surface area contributed by atoms with Gasteiger partial charge in [0.15, 0.2) is 0 Å². The average Bonchev–Trinajstić information content (AvgIpc) is 2.53. The summed E-state index contributed by atoms with van der Waals surface area (Å²) in [6.07, 6.45) is 4.60. The summed E-state index contributed by atoms with van der Waals surface area (Å²) >= 11 is 0. The highest BCUT2D eigenvalue weighted by atomic mass is 13.2. The Morgan fingerprint density at radius 3 is 0.444 bits per heavy atom. The number of hydrogen-bond donors (Lipinski definition) is 0. The molecular weight excluding hydrogens is 216 g/mol. The first-order valence-electron chi connectivity index (χ1n) is 7.79. The topological polar surface area (TPSA) is 0 Å². The maximum atomic E-state index is 4.60. The van der Waals surface area contributed by atoms with Crippen molar-refractivity contribution in [2.75, 3.05) is 0 Å². The van der Waals surface area contributed by atoms with E-state index >= 15 is 0 Å². The molecule has 0 amide bonds. The molecule has 0 saturated heterocycles. The molecule has 0 atom stereocenters. The lowest BCUT2D eigenvalue weighted by Crippen LogP contribution is -1.10. The molecule has 0 rings (SSSR count). The molecule has 0 aliphatic heterocycles. The van der Waals surface area contributed by atoms with Crippen molar-refractivity contribution in [2.45, 2.75) is 111 Å². The first kappa shape index (κ1) is 65.7. The van der Waals surface area contributed by atoms with Crippen LogP contribution in [0.5, 0.6) is 0 Å². The molecule has 0 bridgehead atoms. The van der Waals surface area contributed by atoms with Crippen molar-refractivity contribution in [3.8, 4) is 12.3 Å². The number of rotatable bonds is 0. The van der Waals surface area contributed by atoms with E-state index in [4.69, 9.17) is 0 Å². The summed E-state index contributed by atoms with van der Waals surface area (Å²) in [6.45, 7) is 29.7. The van der Waals surface area contributed by atoms with Crippen molar-refractivity contribution in [3.63, 3.8) is 0 Å². The minimum atomic E-state index is 0. The van der Waals surface area contributed by atoms with E-state index in [2.05, 4.69) is 12.3 Å². The van der Waals surface area contributed by atoms with Gasteiger partial charge in [0.1, 0.15) is 0 Å². The van der Waals surface area contributed by atoms with Crippen LogP contribution in [0.1, 0.15) is 111 Å². The molecule has 0 spiro atoms. The smallest absolute Gasteiger partial charge is 0.00297 e. The van der Waals surface area contributed by atoms with Gasteiger partial charge in [-0.15, -0.1) is 12.3 Å². The highest BCUT2D eigenvalue weighted by Crippen LogP contribution is 1.21. The van der Waals surface area contributed by atoms with Gasteiger partial charge in [0, 0.05) is 0 Å². The largest absolute Gasteiger partial charge is 0.120 e. The van der Waals surface area contributed by atoms with Crippen LogP contribution in [-0.4, -0.2) is 0 Å². The molecule has 0 aromatic rings. The van der Waals surface area contributed by atoms with Crippen LogP contribution in [0, 0.1) is 12.3 Å². The van der Waals surface area contributed by atoms with Gasteiger partial charge in [-0.1, -0.05) is 104 Å². The lowest BCUT2D eigenvalue weighted by Gasteiger charge is -1.23. The molecule has 0 aliphatic carbocycles. The SMILES string of the molecule is C.C#CC.CC.CC.CC.CC.CC.CC.CC. The van der Waals surface area contributed by atoms with Crippen molar-refractivity contribution in [2.24, 2.45) is 0 Å². The Morgan fingerprint density at radius 2 is 0.444 bits per heavy atom. The van der Waals surface area contributed by atoms with Gasteiger partial charge in [-0.3, -0.25) is 0 Å². The normalized spacial score (nSPS) is 2.78. The molecule has 0 radical (unpaired) electrons. The van der Waals surface area contributed by atoms with Gasteiger partial charge in [0.05, 0.1) is 0 Å². The molecule has 0 N–H and O–H groups in total. The molecule has 0 nitrogen and oxygen atoms in total. The van der Waals surface area contributed by atoms with Crippen LogP contribution in [0.4, 0.5) is 0 Å². The maximum absolute atomic E-state index is 4.60. The third-order valence-corrected chi connectivity index (χ3v) is 0. The first-order chi connectivity index (χ1) is 8.41. The van der Waals surface area contributed by atoms with E-state index in [1.165, 1.54) is 0 Å². The summed E-state index contributed by atoms with van der Waals surface area (Å²) in [4.78, 5) is 0. The predicted octanol–water partition coefficient (Wildman–Crippen LogP) is 8.46. The van der Waals surface area contributed by atoms with Gasteiger partial charge >= 0.3 is 0 Å². The second kappa shape index (κ2) is 12800. The summed E-state index contributed by atoms with van der Waals surface area (Å²) in [5, 5.41) is 0. The van der Waals surface area contributed by atoms with E-state index in [0.717, 1.165) is 0 Å². The summed E-state index contributed by atoms with van der Waals surface area (Å²) in [5.41, 5.74) is 0. The van der Waals surface area contributed by atoms with Crippen LogP contribution in [-0.2, 0) is 0 Å². The minimum absolute atomic E-state index is 0. The van der Waals surface area contributed by atoms with Gasteiger partial charge in [-0.25, -0.2) is 0 Å². The van der Waals surface area contributed by atoms with Gasteiger partial charge in [0.2, 0.25) is 0 Å². The molecule has 0 saturated carbocycles. The van der Waals surface area contributed by atoms with Crippen molar-refractivity contribution in [1.29, 1.82) is 0 Å². The first-order valence-corrected chi connectivity index (χ1v) is 7.79. The van der Waals surface area contributed by atoms with Gasteiger partial charge in [-0.2, -0.15) is 0 Å². The Labute approximate surface area is 124 Å². The van der Waals surface area contributed by atoms with Crippen molar-refractivity contribution >= 4 is 0 Å². The number of hydrogen-bond acceptors (Lipinski definition) is 0.